The number of hydrogen-bond acceptors (Lipinski definition) is 2. The van der Waals surface area contributed by atoms with Gasteiger partial charge in [0.2, 0.25) is 5.91 Å². The minimum Gasteiger partial charge on any atom is -0.338 e. The van der Waals surface area contributed by atoms with Gasteiger partial charge in [0.05, 0.1) is 0 Å². The van der Waals surface area contributed by atoms with Crippen molar-refractivity contribution in [3.8, 4) is 0 Å². The predicted molar refractivity (Wildman–Crippen MR) is 65.2 cm³/mol. The zero-order valence-electron chi connectivity index (χ0n) is 10.6. The Balaban J connectivity index is 1.87. The van der Waals surface area contributed by atoms with Crippen LogP contribution in [-0.4, -0.2) is 36.0 Å². The molecule has 16 heavy (non-hydrogen) atoms. The molecule has 0 unspecified atom stereocenters. The SMILES string of the molecule is CC1(C)CCCN1C(=O)CC1CCNCC1. The van der Waals surface area contributed by atoms with Gasteiger partial charge in [0.15, 0.2) is 0 Å². The van der Waals surface area contributed by atoms with Crippen LogP contribution in [0.2, 0.25) is 0 Å². The largest absolute Gasteiger partial charge is 0.338 e. The van der Waals surface area contributed by atoms with E-state index in [1.54, 1.807) is 0 Å². The molecule has 1 N–H and O–H groups in total. The van der Waals surface area contributed by atoms with Crippen molar-refractivity contribution in [2.45, 2.75) is 51.5 Å². The minimum absolute atomic E-state index is 0.101. The number of nitrogens with zero attached hydrogens (tertiary/aromatic N) is 1. The molecule has 0 aromatic carbocycles. The van der Waals surface area contributed by atoms with Crippen LogP contribution in [0.4, 0.5) is 0 Å². The lowest BCUT2D eigenvalue weighted by atomic mass is 9.93. The number of carbonyl (C=O) groups excluding carboxylic acids is 1. The summed E-state index contributed by atoms with van der Waals surface area (Å²) in [7, 11) is 0. The molecule has 2 heterocycles. The Labute approximate surface area is 98.6 Å². The first-order chi connectivity index (χ1) is 7.59. The molecule has 0 bridgehead atoms. The third-order valence-corrected chi connectivity index (χ3v) is 4.12. The van der Waals surface area contributed by atoms with Crippen molar-refractivity contribution >= 4 is 5.91 Å². The van der Waals surface area contributed by atoms with E-state index in [4.69, 9.17) is 0 Å². The normalized spacial score (nSPS) is 26.0. The van der Waals surface area contributed by atoms with Gasteiger partial charge in [-0.3, -0.25) is 4.79 Å². The zero-order valence-corrected chi connectivity index (χ0v) is 10.6. The molecule has 0 radical (unpaired) electrons. The van der Waals surface area contributed by atoms with Crippen molar-refractivity contribution in [3.63, 3.8) is 0 Å². The molecule has 0 saturated carbocycles. The van der Waals surface area contributed by atoms with Gasteiger partial charge >= 0.3 is 0 Å². The molecule has 0 spiro atoms. The molecule has 2 fully saturated rings. The summed E-state index contributed by atoms with van der Waals surface area (Å²) >= 11 is 0. The maximum atomic E-state index is 12.2. The fourth-order valence-electron chi connectivity index (χ4n) is 3.01. The second-order valence-corrected chi connectivity index (χ2v) is 5.86. The highest BCUT2D eigenvalue weighted by Gasteiger charge is 2.35. The van der Waals surface area contributed by atoms with Crippen LogP contribution in [-0.2, 0) is 4.79 Å². The van der Waals surface area contributed by atoms with Crippen molar-refractivity contribution in [2.75, 3.05) is 19.6 Å². The van der Waals surface area contributed by atoms with E-state index >= 15 is 0 Å². The Kier molecular flexibility index (Phi) is 3.53. The van der Waals surface area contributed by atoms with E-state index in [1.807, 2.05) is 0 Å². The number of hydrogen-bond donors (Lipinski definition) is 1. The molecule has 3 heteroatoms. The van der Waals surface area contributed by atoms with Gasteiger partial charge in [-0.15, -0.1) is 0 Å². The summed E-state index contributed by atoms with van der Waals surface area (Å²) in [6, 6.07) is 0. The number of piperidine rings is 1. The molecule has 2 aliphatic rings. The molecule has 2 aliphatic heterocycles. The monoisotopic (exact) mass is 224 g/mol. The number of amides is 1. The summed E-state index contributed by atoms with van der Waals surface area (Å²) in [6.07, 6.45) is 5.43. The second kappa shape index (κ2) is 4.74. The van der Waals surface area contributed by atoms with E-state index in [9.17, 15) is 4.79 Å². The second-order valence-electron chi connectivity index (χ2n) is 5.86. The summed E-state index contributed by atoms with van der Waals surface area (Å²) in [5, 5.41) is 3.35. The van der Waals surface area contributed by atoms with E-state index in [1.165, 1.54) is 19.3 Å². The van der Waals surface area contributed by atoms with Gasteiger partial charge in [-0.25, -0.2) is 0 Å². The van der Waals surface area contributed by atoms with Crippen LogP contribution in [0.25, 0.3) is 0 Å². The Morgan fingerprint density at radius 1 is 1.38 bits per heavy atom. The van der Waals surface area contributed by atoms with Crippen LogP contribution in [0, 0.1) is 5.92 Å². The highest BCUT2D eigenvalue weighted by atomic mass is 16.2. The lowest BCUT2D eigenvalue weighted by Crippen LogP contribution is -2.43. The molecular formula is C13H24N2O. The average Bonchev–Trinajstić information content (AvgIpc) is 2.59. The lowest BCUT2D eigenvalue weighted by Gasteiger charge is -2.33. The number of rotatable bonds is 2. The fourth-order valence-corrected chi connectivity index (χ4v) is 3.01. The Hall–Kier alpha value is -0.570. The molecular weight excluding hydrogens is 200 g/mol. The average molecular weight is 224 g/mol. The van der Waals surface area contributed by atoms with Gasteiger partial charge in [-0.1, -0.05) is 0 Å². The molecule has 3 nitrogen and oxygen atoms in total. The van der Waals surface area contributed by atoms with Crippen molar-refractivity contribution in [2.24, 2.45) is 5.92 Å². The van der Waals surface area contributed by atoms with Crippen molar-refractivity contribution < 1.29 is 4.79 Å². The van der Waals surface area contributed by atoms with Gasteiger partial charge < -0.3 is 10.2 Å². The molecule has 2 rings (SSSR count). The lowest BCUT2D eigenvalue weighted by molar-refractivity contribution is -0.135. The third kappa shape index (κ3) is 2.57. The highest BCUT2D eigenvalue weighted by Crippen LogP contribution is 2.30. The summed E-state index contributed by atoms with van der Waals surface area (Å²) in [5.41, 5.74) is 0.101. The zero-order chi connectivity index (χ0) is 11.6. The van der Waals surface area contributed by atoms with Crippen LogP contribution in [0.3, 0.4) is 0 Å². The van der Waals surface area contributed by atoms with E-state index in [0.717, 1.165) is 32.5 Å². The van der Waals surface area contributed by atoms with E-state index < -0.39 is 0 Å². The first-order valence-corrected chi connectivity index (χ1v) is 6.61. The Bertz CT molecular complexity index is 257. The van der Waals surface area contributed by atoms with Crippen molar-refractivity contribution in [1.82, 2.24) is 10.2 Å². The summed E-state index contributed by atoms with van der Waals surface area (Å²) in [4.78, 5) is 14.3. The number of nitrogens with one attached hydrogen (secondary N) is 1. The van der Waals surface area contributed by atoms with Crippen LogP contribution >= 0.6 is 0 Å². The predicted octanol–water partition coefficient (Wildman–Crippen LogP) is 1.78. The van der Waals surface area contributed by atoms with Gasteiger partial charge in [0.1, 0.15) is 0 Å². The van der Waals surface area contributed by atoms with Crippen LogP contribution in [0.15, 0.2) is 0 Å². The molecule has 0 aliphatic carbocycles. The minimum atomic E-state index is 0.101. The van der Waals surface area contributed by atoms with Crippen molar-refractivity contribution in [1.29, 1.82) is 0 Å². The first-order valence-electron chi connectivity index (χ1n) is 6.61. The third-order valence-electron chi connectivity index (χ3n) is 4.12. The van der Waals surface area contributed by atoms with Gasteiger partial charge in [0.25, 0.3) is 0 Å². The first kappa shape index (κ1) is 11.9. The maximum Gasteiger partial charge on any atom is 0.223 e. The fraction of sp³-hybridized carbons (Fsp3) is 0.923. The van der Waals surface area contributed by atoms with Crippen LogP contribution < -0.4 is 5.32 Å². The molecule has 0 atom stereocenters. The summed E-state index contributed by atoms with van der Waals surface area (Å²) in [5.74, 6) is 1.000. The van der Waals surface area contributed by atoms with Gasteiger partial charge in [-0.05, 0) is 58.5 Å². The highest BCUT2D eigenvalue weighted by molar-refractivity contribution is 5.77. The van der Waals surface area contributed by atoms with Gasteiger partial charge in [-0.2, -0.15) is 0 Å². The van der Waals surface area contributed by atoms with Crippen LogP contribution in [0.5, 0.6) is 0 Å². The molecule has 0 aromatic rings. The maximum absolute atomic E-state index is 12.2. The van der Waals surface area contributed by atoms with Crippen molar-refractivity contribution in [3.05, 3.63) is 0 Å². The molecule has 1 amide bonds. The molecule has 92 valence electrons. The quantitative estimate of drug-likeness (QED) is 0.775. The Morgan fingerprint density at radius 2 is 2.06 bits per heavy atom. The Morgan fingerprint density at radius 3 is 2.62 bits per heavy atom. The summed E-state index contributed by atoms with van der Waals surface area (Å²) < 4.78 is 0. The number of likely N-dealkylation sites (tertiary alicyclic amines) is 1. The summed E-state index contributed by atoms with van der Waals surface area (Å²) in [6.45, 7) is 7.53. The van der Waals surface area contributed by atoms with Crippen LogP contribution in [0.1, 0.15) is 46.0 Å². The van der Waals surface area contributed by atoms with E-state index in [0.29, 0.717) is 11.8 Å². The van der Waals surface area contributed by atoms with E-state index in [2.05, 4.69) is 24.1 Å². The van der Waals surface area contributed by atoms with Gasteiger partial charge in [0, 0.05) is 18.5 Å². The van der Waals surface area contributed by atoms with E-state index in [-0.39, 0.29) is 5.54 Å². The number of carbonyl (C=O) groups is 1. The molecule has 0 aromatic heterocycles. The topological polar surface area (TPSA) is 32.3 Å². The molecule has 2 saturated heterocycles. The smallest absolute Gasteiger partial charge is 0.223 e. The standard InChI is InChI=1S/C13H24N2O/c1-13(2)6-3-9-15(13)12(16)10-11-4-7-14-8-5-11/h11,14H,3-10H2,1-2H3.